The summed E-state index contributed by atoms with van der Waals surface area (Å²) in [6, 6.07) is 2.68. The minimum atomic E-state index is 0.268. The van der Waals surface area contributed by atoms with Crippen molar-refractivity contribution >= 4 is 5.82 Å². The molecule has 4 heteroatoms. The van der Waals surface area contributed by atoms with Crippen LogP contribution in [-0.4, -0.2) is 22.1 Å². The first kappa shape index (κ1) is 11.3. The summed E-state index contributed by atoms with van der Waals surface area (Å²) >= 11 is 0. The SMILES string of the molecule is CCCc1cc(NC2CCCC2N)ncn1. The lowest BCUT2D eigenvalue weighted by Gasteiger charge is -2.17. The van der Waals surface area contributed by atoms with Crippen LogP contribution in [0.1, 0.15) is 38.3 Å². The average Bonchev–Trinajstić information content (AvgIpc) is 2.66. The van der Waals surface area contributed by atoms with Gasteiger partial charge in [0.2, 0.25) is 0 Å². The van der Waals surface area contributed by atoms with Gasteiger partial charge in [0, 0.05) is 23.8 Å². The van der Waals surface area contributed by atoms with Gasteiger partial charge >= 0.3 is 0 Å². The fourth-order valence-corrected chi connectivity index (χ4v) is 2.23. The Morgan fingerprint density at radius 2 is 2.31 bits per heavy atom. The second-order valence-electron chi connectivity index (χ2n) is 4.49. The molecular weight excluding hydrogens is 200 g/mol. The summed E-state index contributed by atoms with van der Waals surface area (Å²) < 4.78 is 0. The molecule has 3 N–H and O–H groups in total. The predicted octanol–water partition coefficient (Wildman–Crippen LogP) is 1.72. The lowest BCUT2D eigenvalue weighted by Crippen LogP contribution is -2.35. The number of rotatable bonds is 4. The van der Waals surface area contributed by atoms with E-state index >= 15 is 0 Å². The molecule has 1 aliphatic carbocycles. The topological polar surface area (TPSA) is 63.8 Å². The van der Waals surface area contributed by atoms with E-state index in [-0.39, 0.29) is 6.04 Å². The van der Waals surface area contributed by atoms with Gasteiger partial charge in [0.1, 0.15) is 12.1 Å². The van der Waals surface area contributed by atoms with E-state index in [2.05, 4.69) is 22.2 Å². The Morgan fingerprint density at radius 1 is 1.44 bits per heavy atom. The van der Waals surface area contributed by atoms with Gasteiger partial charge in [-0.15, -0.1) is 0 Å². The third kappa shape index (κ3) is 2.70. The van der Waals surface area contributed by atoms with Crippen molar-refractivity contribution in [2.24, 2.45) is 5.73 Å². The number of nitrogens with two attached hydrogens (primary N) is 1. The highest BCUT2D eigenvalue weighted by Crippen LogP contribution is 2.20. The first-order valence-corrected chi connectivity index (χ1v) is 6.12. The van der Waals surface area contributed by atoms with Crippen molar-refractivity contribution in [2.45, 2.75) is 51.1 Å². The molecule has 88 valence electrons. The molecule has 0 bridgehead atoms. The second-order valence-corrected chi connectivity index (χ2v) is 4.49. The first-order chi connectivity index (χ1) is 7.79. The Hall–Kier alpha value is -1.16. The van der Waals surface area contributed by atoms with Crippen molar-refractivity contribution in [2.75, 3.05) is 5.32 Å². The van der Waals surface area contributed by atoms with Gasteiger partial charge in [0.15, 0.2) is 0 Å². The van der Waals surface area contributed by atoms with Crippen LogP contribution in [-0.2, 0) is 6.42 Å². The van der Waals surface area contributed by atoms with Gasteiger partial charge in [-0.2, -0.15) is 0 Å². The van der Waals surface area contributed by atoms with Gasteiger partial charge in [-0.25, -0.2) is 9.97 Å². The molecule has 1 saturated carbocycles. The normalized spacial score (nSPS) is 24.6. The van der Waals surface area contributed by atoms with Crippen molar-refractivity contribution in [3.8, 4) is 0 Å². The third-order valence-corrected chi connectivity index (χ3v) is 3.13. The Kier molecular flexibility index (Phi) is 3.72. The van der Waals surface area contributed by atoms with Crippen LogP contribution in [0.25, 0.3) is 0 Å². The average molecular weight is 220 g/mol. The van der Waals surface area contributed by atoms with E-state index in [0.717, 1.165) is 37.2 Å². The largest absolute Gasteiger partial charge is 0.366 e. The second kappa shape index (κ2) is 5.25. The van der Waals surface area contributed by atoms with Gasteiger partial charge in [-0.05, 0) is 25.7 Å². The van der Waals surface area contributed by atoms with Crippen LogP contribution < -0.4 is 11.1 Å². The standard InChI is InChI=1S/C12H20N4/c1-2-4-9-7-12(15-8-14-9)16-11-6-3-5-10(11)13/h7-8,10-11H,2-6,13H2,1H3,(H,14,15,16). The van der Waals surface area contributed by atoms with E-state index in [4.69, 9.17) is 5.73 Å². The summed E-state index contributed by atoms with van der Waals surface area (Å²) in [5.74, 6) is 0.917. The maximum Gasteiger partial charge on any atom is 0.129 e. The fraction of sp³-hybridized carbons (Fsp3) is 0.667. The van der Waals surface area contributed by atoms with Gasteiger partial charge in [-0.1, -0.05) is 13.3 Å². The van der Waals surface area contributed by atoms with Gasteiger partial charge in [-0.3, -0.25) is 0 Å². The van der Waals surface area contributed by atoms with E-state index < -0.39 is 0 Å². The zero-order chi connectivity index (χ0) is 11.4. The van der Waals surface area contributed by atoms with Gasteiger partial charge in [0.25, 0.3) is 0 Å². The molecule has 0 aromatic carbocycles. The zero-order valence-corrected chi connectivity index (χ0v) is 9.82. The van der Waals surface area contributed by atoms with Crippen LogP contribution in [0.2, 0.25) is 0 Å². The Labute approximate surface area is 96.7 Å². The Morgan fingerprint density at radius 3 is 3.00 bits per heavy atom. The third-order valence-electron chi connectivity index (χ3n) is 3.13. The maximum atomic E-state index is 6.02. The number of nitrogens with zero attached hydrogens (tertiary/aromatic N) is 2. The lowest BCUT2D eigenvalue weighted by atomic mass is 10.2. The molecule has 4 nitrogen and oxygen atoms in total. The highest BCUT2D eigenvalue weighted by atomic mass is 15.1. The molecule has 1 heterocycles. The minimum Gasteiger partial charge on any atom is -0.366 e. The van der Waals surface area contributed by atoms with Crippen molar-refractivity contribution in [1.29, 1.82) is 0 Å². The molecule has 16 heavy (non-hydrogen) atoms. The van der Waals surface area contributed by atoms with Crippen LogP contribution in [0, 0.1) is 0 Å². The van der Waals surface area contributed by atoms with Crippen LogP contribution in [0.4, 0.5) is 5.82 Å². The number of hydrogen-bond acceptors (Lipinski definition) is 4. The van der Waals surface area contributed by atoms with Crippen LogP contribution in [0.3, 0.4) is 0 Å². The molecular formula is C12H20N4. The van der Waals surface area contributed by atoms with Crippen LogP contribution in [0.15, 0.2) is 12.4 Å². The van der Waals surface area contributed by atoms with E-state index in [1.165, 1.54) is 6.42 Å². The minimum absolute atomic E-state index is 0.268. The number of aryl methyl sites for hydroxylation is 1. The molecule has 1 aromatic rings. The van der Waals surface area contributed by atoms with Crippen molar-refractivity contribution in [3.05, 3.63) is 18.1 Å². The Balaban J connectivity index is 2.00. The fourth-order valence-electron chi connectivity index (χ4n) is 2.23. The molecule has 0 saturated heterocycles. The zero-order valence-electron chi connectivity index (χ0n) is 9.82. The van der Waals surface area contributed by atoms with E-state index in [1.54, 1.807) is 6.33 Å². The Bertz CT molecular complexity index is 340. The number of aromatic nitrogens is 2. The summed E-state index contributed by atoms with van der Waals surface area (Å²) in [4.78, 5) is 8.48. The van der Waals surface area contributed by atoms with E-state index in [1.807, 2.05) is 6.07 Å². The molecule has 2 rings (SSSR count). The molecule has 1 aliphatic rings. The number of nitrogens with one attached hydrogen (secondary N) is 1. The lowest BCUT2D eigenvalue weighted by molar-refractivity contribution is 0.635. The summed E-state index contributed by atoms with van der Waals surface area (Å²) in [6.07, 6.45) is 7.23. The van der Waals surface area contributed by atoms with Gasteiger partial charge < -0.3 is 11.1 Å². The van der Waals surface area contributed by atoms with Crippen molar-refractivity contribution in [3.63, 3.8) is 0 Å². The quantitative estimate of drug-likeness (QED) is 0.811. The highest BCUT2D eigenvalue weighted by Gasteiger charge is 2.23. The van der Waals surface area contributed by atoms with Gasteiger partial charge in [0.05, 0.1) is 0 Å². The predicted molar refractivity (Wildman–Crippen MR) is 65.3 cm³/mol. The van der Waals surface area contributed by atoms with Crippen LogP contribution in [0.5, 0.6) is 0 Å². The molecule has 0 spiro atoms. The number of hydrogen-bond donors (Lipinski definition) is 2. The van der Waals surface area contributed by atoms with E-state index in [9.17, 15) is 0 Å². The van der Waals surface area contributed by atoms with Crippen molar-refractivity contribution in [1.82, 2.24) is 9.97 Å². The molecule has 2 atom stereocenters. The van der Waals surface area contributed by atoms with E-state index in [0.29, 0.717) is 6.04 Å². The van der Waals surface area contributed by atoms with Crippen molar-refractivity contribution < 1.29 is 0 Å². The summed E-state index contributed by atoms with van der Waals surface area (Å²) in [5.41, 5.74) is 7.12. The smallest absolute Gasteiger partial charge is 0.129 e. The molecule has 2 unspecified atom stereocenters. The molecule has 1 fully saturated rings. The molecule has 0 aliphatic heterocycles. The maximum absolute atomic E-state index is 6.02. The number of anilines is 1. The monoisotopic (exact) mass is 220 g/mol. The molecule has 1 aromatic heterocycles. The summed E-state index contributed by atoms with van der Waals surface area (Å²) in [5, 5.41) is 3.41. The first-order valence-electron chi connectivity index (χ1n) is 6.12. The van der Waals surface area contributed by atoms with Crippen LogP contribution >= 0.6 is 0 Å². The summed E-state index contributed by atoms with van der Waals surface area (Å²) in [6.45, 7) is 2.15. The molecule has 0 amide bonds. The summed E-state index contributed by atoms with van der Waals surface area (Å²) in [7, 11) is 0. The molecule has 0 radical (unpaired) electrons. The highest BCUT2D eigenvalue weighted by molar-refractivity contribution is 5.36.